The van der Waals surface area contributed by atoms with E-state index in [1.54, 1.807) is 25.6 Å². The molecular formula is C23H27N7O2S. The molecule has 172 valence electrons. The Kier molecular flexibility index (Phi) is 5.94. The smallest absolute Gasteiger partial charge is 0.205 e. The van der Waals surface area contributed by atoms with Gasteiger partial charge in [-0.1, -0.05) is 6.42 Å². The van der Waals surface area contributed by atoms with Crippen molar-refractivity contribution in [2.24, 2.45) is 0 Å². The van der Waals surface area contributed by atoms with Gasteiger partial charge >= 0.3 is 0 Å². The van der Waals surface area contributed by atoms with Crippen LogP contribution in [0.1, 0.15) is 35.5 Å². The number of piperidine rings is 1. The molecule has 9 nitrogen and oxygen atoms in total. The summed E-state index contributed by atoms with van der Waals surface area (Å²) in [7, 11) is 3.22. The van der Waals surface area contributed by atoms with E-state index >= 15 is 0 Å². The summed E-state index contributed by atoms with van der Waals surface area (Å²) in [5, 5.41) is 14.3. The van der Waals surface area contributed by atoms with E-state index in [2.05, 4.69) is 34.2 Å². The number of likely N-dealkylation sites (tertiary alicyclic amines) is 1. The number of hydrogen-bond acceptors (Lipinski definition) is 9. The number of hydrogen-bond donors (Lipinski definition) is 0. The summed E-state index contributed by atoms with van der Waals surface area (Å²) in [5.74, 6) is 3.23. The molecule has 0 radical (unpaired) electrons. The molecule has 1 aliphatic rings. The number of benzene rings is 1. The second-order valence-electron chi connectivity index (χ2n) is 8.24. The van der Waals surface area contributed by atoms with Gasteiger partial charge in [0.25, 0.3) is 0 Å². The lowest BCUT2D eigenvalue weighted by Crippen LogP contribution is -2.30. The Morgan fingerprint density at radius 2 is 1.79 bits per heavy atom. The van der Waals surface area contributed by atoms with E-state index in [0.29, 0.717) is 23.1 Å². The lowest BCUT2D eigenvalue weighted by Gasteiger charge is -2.25. The molecule has 0 atom stereocenters. The van der Waals surface area contributed by atoms with Crippen molar-refractivity contribution in [3.63, 3.8) is 0 Å². The van der Waals surface area contributed by atoms with Crippen molar-refractivity contribution in [3.8, 4) is 28.7 Å². The quantitative estimate of drug-likeness (QED) is 0.423. The fraction of sp³-hybridized carbons (Fsp3) is 0.435. The molecule has 0 bridgehead atoms. The van der Waals surface area contributed by atoms with Crippen LogP contribution in [0.2, 0.25) is 0 Å². The summed E-state index contributed by atoms with van der Waals surface area (Å²) in [5.41, 5.74) is 1.94. The van der Waals surface area contributed by atoms with Gasteiger partial charge < -0.3 is 9.47 Å². The highest BCUT2D eigenvalue weighted by Gasteiger charge is 2.21. The predicted octanol–water partition coefficient (Wildman–Crippen LogP) is 3.95. The summed E-state index contributed by atoms with van der Waals surface area (Å²) in [6.45, 7) is 7.11. The highest BCUT2D eigenvalue weighted by atomic mass is 32.1. The molecule has 4 aromatic rings. The van der Waals surface area contributed by atoms with E-state index in [0.717, 1.165) is 46.8 Å². The second kappa shape index (κ2) is 9.03. The maximum atomic E-state index is 5.42. The van der Waals surface area contributed by atoms with Crippen molar-refractivity contribution < 1.29 is 9.47 Å². The highest BCUT2D eigenvalue weighted by molar-refractivity contribution is 7.18. The van der Waals surface area contributed by atoms with E-state index in [-0.39, 0.29) is 0 Å². The predicted molar refractivity (Wildman–Crippen MR) is 127 cm³/mol. The zero-order valence-corrected chi connectivity index (χ0v) is 20.1. The number of thiophene rings is 1. The normalized spacial score (nSPS) is 14.7. The number of aromatic nitrogens is 6. The average molecular weight is 466 g/mol. The van der Waals surface area contributed by atoms with Crippen molar-refractivity contribution in [1.82, 2.24) is 35.1 Å². The Balaban J connectivity index is 1.56. The number of nitrogens with zero attached hydrogens (tertiary/aromatic N) is 7. The molecule has 0 aliphatic carbocycles. The molecular weight excluding hydrogens is 438 g/mol. The van der Waals surface area contributed by atoms with Crippen LogP contribution in [0.25, 0.3) is 27.4 Å². The molecule has 1 aromatic carbocycles. The maximum absolute atomic E-state index is 5.42. The van der Waals surface area contributed by atoms with Gasteiger partial charge in [-0.25, -0.2) is 9.97 Å². The van der Waals surface area contributed by atoms with E-state index in [4.69, 9.17) is 19.4 Å². The lowest BCUT2D eigenvalue weighted by molar-refractivity contribution is 0.216. The molecule has 10 heteroatoms. The molecule has 4 heterocycles. The average Bonchev–Trinajstić information content (AvgIpc) is 3.44. The number of rotatable bonds is 6. The SMILES string of the molecule is COc1ccc(-c2nnn(-c3nc(CN4CCCCC4)nc4sc(C)c(C)c34)n2)cc1OC. The molecule has 5 rings (SSSR count). The standard InChI is InChI=1S/C23H27N7O2S/c1-14-15(2)33-23-20(14)22(24-19(25-23)13-29-10-6-5-7-11-29)30-27-21(26-28-30)16-8-9-17(31-3)18(12-16)32-4/h8-9,12H,5-7,10-11,13H2,1-4H3. The molecule has 3 aromatic heterocycles. The minimum Gasteiger partial charge on any atom is -0.493 e. The zero-order chi connectivity index (χ0) is 22.9. The first-order valence-electron chi connectivity index (χ1n) is 11.1. The first-order chi connectivity index (χ1) is 16.1. The molecule has 33 heavy (non-hydrogen) atoms. The van der Waals surface area contributed by atoms with Gasteiger partial charge in [0.2, 0.25) is 5.82 Å². The number of aryl methyl sites for hydroxylation is 2. The Hall–Kier alpha value is -3.11. The third-order valence-electron chi connectivity index (χ3n) is 6.11. The largest absolute Gasteiger partial charge is 0.493 e. The number of tetrazole rings is 1. The van der Waals surface area contributed by atoms with Crippen molar-refractivity contribution >= 4 is 21.6 Å². The molecule has 0 amide bonds. The fourth-order valence-electron chi connectivity index (χ4n) is 4.20. The van der Waals surface area contributed by atoms with Gasteiger partial charge in [0.05, 0.1) is 26.2 Å². The van der Waals surface area contributed by atoms with Gasteiger partial charge in [-0.3, -0.25) is 4.90 Å². The van der Waals surface area contributed by atoms with Gasteiger partial charge in [0.15, 0.2) is 17.3 Å². The number of ether oxygens (including phenoxy) is 2. The topological polar surface area (TPSA) is 91.1 Å². The van der Waals surface area contributed by atoms with Gasteiger partial charge in [-0.05, 0) is 68.8 Å². The van der Waals surface area contributed by atoms with Gasteiger partial charge in [-0.15, -0.1) is 26.3 Å². The fourth-order valence-corrected chi connectivity index (χ4v) is 5.24. The summed E-state index contributed by atoms with van der Waals surface area (Å²) in [6.07, 6.45) is 3.75. The lowest BCUT2D eigenvalue weighted by atomic mass is 10.1. The minimum atomic E-state index is 0.491. The molecule has 0 spiro atoms. The second-order valence-corrected chi connectivity index (χ2v) is 9.44. The third-order valence-corrected chi connectivity index (χ3v) is 7.22. The number of methoxy groups -OCH3 is 2. The van der Waals surface area contributed by atoms with Crippen LogP contribution in [0.5, 0.6) is 11.5 Å². The summed E-state index contributed by atoms with van der Waals surface area (Å²) in [4.78, 5) is 15.9. The summed E-state index contributed by atoms with van der Waals surface area (Å²) >= 11 is 1.69. The highest BCUT2D eigenvalue weighted by Crippen LogP contribution is 2.33. The van der Waals surface area contributed by atoms with Crippen LogP contribution in [0.15, 0.2) is 18.2 Å². The van der Waals surface area contributed by atoms with Crippen LogP contribution in [0.3, 0.4) is 0 Å². The monoisotopic (exact) mass is 465 g/mol. The van der Waals surface area contributed by atoms with Crippen molar-refractivity contribution in [2.75, 3.05) is 27.3 Å². The number of fused-ring (bicyclic) bond motifs is 1. The first-order valence-corrected chi connectivity index (χ1v) is 11.9. The van der Waals surface area contributed by atoms with Gasteiger partial charge in [0, 0.05) is 10.4 Å². The Morgan fingerprint density at radius 1 is 1.00 bits per heavy atom. The van der Waals surface area contributed by atoms with Crippen LogP contribution in [0, 0.1) is 13.8 Å². The van der Waals surface area contributed by atoms with E-state index < -0.39 is 0 Å². The Labute approximate surface area is 196 Å². The molecule has 0 saturated carbocycles. The van der Waals surface area contributed by atoms with E-state index in [1.807, 2.05) is 18.2 Å². The Bertz CT molecular complexity index is 1290. The van der Waals surface area contributed by atoms with Crippen LogP contribution in [-0.2, 0) is 6.54 Å². The Morgan fingerprint density at radius 3 is 2.55 bits per heavy atom. The zero-order valence-electron chi connectivity index (χ0n) is 19.3. The maximum Gasteiger partial charge on any atom is 0.205 e. The van der Waals surface area contributed by atoms with Crippen molar-refractivity contribution in [2.45, 2.75) is 39.7 Å². The van der Waals surface area contributed by atoms with Gasteiger partial charge in [0.1, 0.15) is 10.7 Å². The van der Waals surface area contributed by atoms with E-state index in [9.17, 15) is 0 Å². The third kappa shape index (κ3) is 4.16. The van der Waals surface area contributed by atoms with Crippen molar-refractivity contribution in [1.29, 1.82) is 0 Å². The first kappa shape index (κ1) is 21.7. The van der Waals surface area contributed by atoms with Crippen LogP contribution in [0.4, 0.5) is 0 Å². The van der Waals surface area contributed by atoms with Crippen LogP contribution < -0.4 is 9.47 Å². The molecule has 1 fully saturated rings. The van der Waals surface area contributed by atoms with Gasteiger partial charge in [-0.2, -0.15) is 0 Å². The van der Waals surface area contributed by atoms with Crippen LogP contribution in [-0.4, -0.2) is 62.4 Å². The molecule has 0 N–H and O–H groups in total. The minimum absolute atomic E-state index is 0.491. The molecule has 1 aliphatic heterocycles. The van der Waals surface area contributed by atoms with E-state index in [1.165, 1.54) is 28.9 Å². The molecule has 1 saturated heterocycles. The summed E-state index contributed by atoms with van der Waals surface area (Å²) < 4.78 is 10.8. The summed E-state index contributed by atoms with van der Waals surface area (Å²) in [6, 6.07) is 5.57. The van der Waals surface area contributed by atoms with Crippen LogP contribution >= 0.6 is 11.3 Å². The molecule has 0 unspecified atom stereocenters. The van der Waals surface area contributed by atoms with Crippen molar-refractivity contribution in [3.05, 3.63) is 34.5 Å².